The zero-order valence-corrected chi connectivity index (χ0v) is 12.5. The van der Waals surface area contributed by atoms with E-state index in [1.54, 1.807) is 6.92 Å². The van der Waals surface area contributed by atoms with Gasteiger partial charge in [-0.3, -0.25) is 0 Å². The first kappa shape index (κ1) is 15.4. The van der Waals surface area contributed by atoms with Crippen LogP contribution in [0.3, 0.4) is 0 Å². The minimum absolute atomic E-state index is 0.0752. The van der Waals surface area contributed by atoms with E-state index in [9.17, 15) is 8.78 Å². The van der Waals surface area contributed by atoms with Crippen LogP contribution in [0.4, 0.5) is 14.6 Å². The molecule has 1 aromatic carbocycles. The van der Waals surface area contributed by atoms with Crippen LogP contribution in [0.5, 0.6) is 0 Å². The number of nitrogens with one attached hydrogen (secondary N) is 1. The van der Waals surface area contributed by atoms with Crippen molar-refractivity contribution in [1.82, 2.24) is 9.97 Å². The highest BCUT2D eigenvalue weighted by atomic mass is 19.1. The molecular weight excluding hydrogens is 272 g/mol. The molecule has 1 aromatic heterocycles. The van der Waals surface area contributed by atoms with E-state index in [-0.39, 0.29) is 5.56 Å². The summed E-state index contributed by atoms with van der Waals surface area (Å²) in [4.78, 5) is 8.31. The fraction of sp³-hybridized carbons (Fsp3) is 0.375. The van der Waals surface area contributed by atoms with Gasteiger partial charge in [-0.2, -0.15) is 0 Å². The maximum atomic E-state index is 14.3. The van der Waals surface area contributed by atoms with Crippen molar-refractivity contribution in [3.63, 3.8) is 0 Å². The Morgan fingerprint density at radius 3 is 2.57 bits per heavy atom. The number of anilines is 1. The lowest BCUT2D eigenvalue weighted by molar-refractivity contribution is 0.582. The Labute approximate surface area is 123 Å². The largest absolute Gasteiger partial charge is 0.370 e. The third-order valence-corrected chi connectivity index (χ3v) is 3.36. The summed E-state index contributed by atoms with van der Waals surface area (Å²) in [7, 11) is 0. The van der Waals surface area contributed by atoms with Crippen LogP contribution in [0.2, 0.25) is 0 Å². The van der Waals surface area contributed by atoms with Crippen LogP contribution in [0.1, 0.15) is 31.4 Å². The molecule has 112 valence electrons. The normalized spacial score (nSPS) is 10.7. The second-order valence-electron chi connectivity index (χ2n) is 4.88. The van der Waals surface area contributed by atoms with Gasteiger partial charge in [0.15, 0.2) is 0 Å². The molecule has 2 rings (SSSR count). The number of halogens is 2. The van der Waals surface area contributed by atoms with Gasteiger partial charge in [0, 0.05) is 12.1 Å². The summed E-state index contributed by atoms with van der Waals surface area (Å²) in [5, 5.41) is 3.18. The highest BCUT2D eigenvalue weighted by Gasteiger charge is 2.19. The first-order valence-corrected chi connectivity index (χ1v) is 7.12. The number of hydrogen-bond acceptors (Lipinski definition) is 3. The van der Waals surface area contributed by atoms with Gasteiger partial charge >= 0.3 is 0 Å². The van der Waals surface area contributed by atoms with E-state index in [2.05, 4.69) is 15.3 Å². The molecule has 0 saturated heterocycles. The van der Waals surface area contributed by atoms with Gasteiger partial charge in [0.2, 0.25) is 0 Å². The number of hydrogen-bond donors (Lipinski definition) is 1. The zero-order valence-electron chi connectivity index (χ0n) is 12.5. The van der Waals surface area contributed by atoms with E-state index in [1.165, 1.54) is 18.5 Å². The van der Waals surface area contributed by atoms with E-state index in [4.69, 9.17) is 0 Å². The number of benzene rings is 1. The Kier molecular flexibility index (Phi) is 4.83. The zero-order chi connectivity index (χ0) is 15.4. The number of rotatable bonds is 5. The van der Waals surface area contributed by atoms with Crippen molar-refractivity contribution in [3.8, 4) is 11.3 Å². The predicted molar refractivity (Wildman–Crippen MR) is 80.3 cm³/mol. The molecule has 0 fully saturated rings. The monoisotopic (exact) mass is 291 g/mol. The van der Waals surface area contributed by atoms with E-state index in [0.717, 1.165) is 18.5 Å². The topological polar surface area (TPSA) is 37.8 Å². The van der Waals surface area contributed by atoms with E-state index >= 15 is 0 Å². The van der Waals surface area contributed by atoms with Gasteiger partial charge < -0.3 is 5.32 Å². The summed E-state index contributed by atoms with van der Waals surface area (Å²) in [5.41, 5.74) is 1.38. The average Bonchev–Trinajstić information content (AvgIpc) is 2.49. The fourth-order valence-electron chi connectivity index (χ4n) is 2.23. The summed E-state index contributed by atoms with van der Waals surface area (Å²) in [6.07, 6.45) is 2.87. The molecule has 0 spiro atoms. The quantitative estimate of drug-likeness (QED) is 0.900. The van der Waals surface area contributed by atoms with Gasteiger partial charge in [-0.05, 0) is 31.4 Å². The van der Waals surface area contributed by atoms with Crippen LogP contribution in [-0.2, 0) is 6.42 Å². The third kappa shape index (κ3) is 3.01. The standard InChI is InChI=1S/C16H19F2N3/c1-4-8-19-16-11(5-2)15(20-9-21-16)13-12(17)7-6-10(3)14(13)18/h6-7,9H,4-5,8H2,1-3H3,(H,19,20,21). The smallest absolute Gasteiger partial charge is 0.138 e. The Morgan fingerprint density at radius 1 is 1.14 bits per heavy atom. The maximum absolute atomic E-state index is 14.3. The number of aromatic nitrogens is 2. The SMILES string of the molecule is CCCNc1ncnc(-c2c(F)ccc(C)c2F)c1CC. The summed E-state index contributed by atoms with van der Waals surface area (Å²) < 4.78 is 28.4. The summed E-state index contributed by atoms with van der Waals surface area (Å²) in [6, 6.07) is 2.70. The van der Waals surface area contributed by atoms with Gasteiger partial charge in [0.05, 0.1) is 11.3 Å². The molecule has 0 bridgehead atoms. The van der Waals surface area contributed by atoms with Gasteiger partial charge in [-0.1, -0.05) is 19.9 Å². The van der Waals surface area contributed by atoms with Crippen molar-refractivity contribution in [2.24, 2.45) is 0 Å². The molecule has 0 aliphatic carbocycles. The molecule has 0 amide bonds. The lowest BCUT2D eigenvalue weighted by Gasteiger charge is -2.14. The minimum Gasteiger partial charge on any atom is -0.370 e. The molecule has 1 heterocycles. The highest BCUT2D eigenvalue weighted by molar-refractivity contribution is 5.70. The van der Waals surface area contributed by atoms with Crippen molar-refractivity contribution in [2.45, 2.75) is 33.6 Å². The molecule has 0 unspecified atom stereocenters. The molecule has 5 heteroatoms. The molecule has 0 aliphatic heterocycles. The molecule has 3 nitrogen and oxygen atoms in total. The Balaban J connectivity index is 2.62. The number of aryl methyl sites for hydroxylation is 1. The van der Waals surface area contributed by atoms with Gasteiger partial charge in [0.25, 0.3) is 0 Å². The summed E-state index contributed by atoms with van der Waals surface area (Å²) in [6.45, 7) is 6.33. The first-order chi connectivity index (χ1) is 10.1. The molecule has 2 aromatic rings. The molecule has 0 radical (unpaired) electrons. The van der Waals surface area contributed by atoms with Crippen LogP contribution in [0, 0.1) is 18.6 Å². The lowest BCUT2D eigenvalue weighted by atomic mass is 10.0. The van der Waals surface area contributed by atoms with E-state index in [0.29, 0.717) is 23.5 Å². The number of nitrogens with zero attached hydrogens (tertiary/aromatic N) is 2. The van der Waals surface area contributed by atoms with Crippen LogP contribution in [0.15, 0.2) is 18.5 Å². The Hall–Kier alpha value is -2.04. The molecule has 21 heavy (non-hydrogen) atoms. The van der Waals surface area contributed by atoms with E-state index < -0.39 is 11.6 Å². The predicted octanol–water partition coefficient (Wildman–Crippen LogP) is 4.11. The van der Waals surface area contributed by atoms with Crippen molar-refractivity contribution in [2.75, 3.05) is 11.9 Å². The maximum Gasteiger partial charge on any atom is 0.138 e. The molecular formula is C16H19F2N3. The second-order valence-corrected chi connectivity index (χ2v) is 4.88. The second kappa shape index (κ2) is 6.61. The van der Waals surface area contributed by atoms with Crippen molar-refractivity contribution in [1.29, 1.82) is 0 Å². The Bertz CT molecular complexity index is 642. The van der Waals surface area contributed by atoms with Crippen LogP contribution in [0.25, 0.3) is 11.3 Å². The third-order valence-electron chi connectivity index (χ3n) is 3.36. The van der Waals surface area contributed by atoms with Crippen LogP contribution < -0.4 is 5.32 Å². The van der Waals surface area contributed by atoms with Crippen molar-refractivity contribution >= 4 is 5.82 Å². The summed E-state index contributed by atoms with van der Waals surface area (Å²) in [5.74, 6) is -0.526. The molecule has 1 N–H and O–H groups in total. The molecule has 0 saturated carbocycles. The van der Waals surface area contributed by atoms with Crippen molar-refractivity contribution < 1.29 is 8.78 Å². The van der Waals surface area contributed by atoms with Crippen molar-refractivity contribution in [3.05, 3.63) is 41.2 Å². The fourth-order valence-corrected chi connectivity index (χ4v) is 2.23. The van der Waals surface area contributed by atoms with Crippen LogP contribution >= 0.6 is 0 Å². The molecule has 0 aliphatic rings. The minimum atomic E-state index is -0.604. The van der Waals surface area contributed by atoms with Gasteiger partial charge in [-0.25, -0.2) is 18.7 Å². The van der Waals surface area contributed by atoms with E-state index in [1.807, 2.05) is 13.8 Å². The first-order valence-electron chi connectivity index (χ1n) is 7.12. The van der Waals surface area contributed by atoms with Crippen LogP contribution in [-0.4, -0.2) is 16.5 Å². The summed E-state index contributed by atoms with van der Waals surface area (Å²) >= 11 is 0. The van der Waals surface area contributed by atoms with Gasteiger partial charge in [-0.15, -0.1) is 0 Å². The molecule has 0 atom stereocenters. The average molecular weight is 291 g/mol. The highest BCUT2D eigenvalue weighted by Crippen LogP contribution is 2.31. The van der Waals surface area contributed by atoms with Gasteiger partial charge in [0.1, 0.15) is 23.8 Å². The lowest BCUT2D eigenvalue weighted by Crippen LogP contribution is -2.08. The Morgan fingerprint density at radius 2 is 1.90 bits per heavy atom.